The molecule has 1 aliphatic heterocycles. The maximum atomic E-state index is 12.4. The quantitative estimate of drug-likeness (QED) is 0.172. The molecule has 232 valence electrons. The molecule has 3 aromatic carbocycles. The van der Waals surface area contributed by atoms with Crippen LogP contribution in [0.1, 0.15) is 44.2 Å². The molecule has 0 bridgehead atoms. The lowest BCUT2D eigenvalue weighted by atomic mass is 10.1. The van der Waals surface area contributed by atoms with E-state index in [0.29, 0.717) is 17.6 Å². The fourth-order valence-electron chi connectivity index (χ4n) is 5.07. The fraction of sp³-hybridized carbons (Fsp3) is 0.364. The van der Waals surface area contributed by atoms with Crippen LogP contribution in [0.4, 0.5) is 18.9 Å². The number of amidine groups is 1. The summed E-state index contributed by atoms with van der Waals surface area (Å²) in [7, 11) is 0. The minimum Gasteiger partial charge on any atom is -0.406 e. The van der Waals surface area contributed by atoms with Crippen LogP contribution in [0.5, 0.6) is 5.75 Å². The minimum absolute atomic E-state index is 0.0351. The van der Waals surface area contributed by atoms with Crippen molar-refractivity contribution in [3.8, 4) is 22.8 Å². The number of anilines is 1. The Labute approximate surface area is 260 Å². The normalized spacial score (nSPS) is 17.2. The molecule has 1 N–H and O–H groups in total. The molecule has 11 heteroatoms. The first-order valence-electron chi connectivity index (χ1n) is 14.8. The first-order chi connectivity index (χ1) is 21.1. The van der Waals surface area contributed by atoms with E-state index in [9.17, 15) is 13.2 Å². The van der Waals surface area contributed by atoms with Gasteiger partial charge in [0, 0.05) is 23.0 Å². The third-order valence-electron chi connectivity index (χ3n) is 7.37. The van der Waals surface area contributed by atoms with Gasteiger partial charge in [0.2, 0.25) is 0 Å². The maximum absolute atomic E-state index is 12.4. The molecule has 4 aromatic rings. The number of ether oxygens (including phenoxy) is 1. The van der Waals surface area contributed by atoms with Crippen LogP contribution in [-0.4, -0.2) is 50.8 Å². The number of hydrogen-bond donors (Lipinski definition) is 1. The van der Waals surface area contributed by atoms with Crippen molar-refractivity contribution in [2.45, 2.75) is 65.0 Å². The Bertz CT molecular complexity index is 1540. The SMILES string of the molecule is Cc1cccc(N2C(=NC(C)NCCCCc3ccc(-c4ncn(-c5ccc(OC(F)(F)F)cc5)n4)cc3)SCCC2C)c1. The van der Waals surface area contributed by atoms with E-state index in [-0.39, 0.29) is 11.9 Å². The number of nitrogens with zero attached hydrogens (tertiary/aromatic N) is 5. The Kier molecular flexibility index (Phi) is 10.3. The van der Waals surface area contributed by atoms with Crippen LogP contribution in [0.3, 0.4) is 0 Å². The zero-order chi connectivity index (χ0) is 31.1. The van der Waals surface area contributed by atoms with Gasteiger partial charge in [-0.3, -0.25) is 5.32 Å². The molecule has 2 atom stereocenters. The topological polar surface area (TPSA) is 67.6 Å². The number of alkyl halides is 3. The zero-order valence-corrected chi connectivity index (χ0v) is 25.9. The molecule has 2 heterocycles. The summed E-state index contributed by atoms with van der Waals surface area (Å²) in [5.41, 5.74) is 5.15. The molecule has 0 spiro atoms. The largest absolute Gasteiger partial charge is 0.573 e. The highest BCUT2D eigenvalue weighted by atomic mass is 32.2. The second-order valence-electron chi connectivity index (χ2n) is 10.9. The predicted octanol–water partition coefficient (Wildman–Crippen LogP) is 7.79. The Morgan fingerprint density at radius 3 is 2.55 bits per heavy atom. The summed E-state index contributed by atoms with van der Waals surface area (Å²) in [6.45, 7) is 7.41. The molecule has 2 unspecified atom stereocenters. The van der Waals surface area contributed by atoms with Gasteiger partial charge in [-0.15, -0.1) is 18.3 Å². The third-order valence-corrected chi connectivity index (χ3v) is 8.37. The van der Waals surface area contributed by atoms with E-state index in [0.717, 1.165) is 48.7 Å². The van der Waals surface area contributed by atoms with Crippen molar-refractivity contribution in [2.24, 2.45) is 4.99 Å². The van der Waals surface area contributed by atoms with Gasteiger partial charge in [-0.2, -0.15) is 0 Å². The Balaban J connectivity index is 1.08. The molecule has 1 saturated heterocycles. The average Bonchev–Trinajstić information content (AvgIpc) is 3.47. The lowest BCUT2D eigenvalue weighted by Gasteiger charge is -2.36. The summed E-state index contributed by atoms with van der Waals surface area (Å²) < 4.78 is 42.7. The van der Waals surface area contributed by atoms with E-state index < -0.39 is 6.36 Å². The second-order valence-corrected chi connectivity index (χ2v) is 12.0. The fourth-order valence-corrected chi connectivity index (χ4v) is 6.37. The number of aryl methyl sites for hydroxylation is 2. The molecule has 1 fully saturated rings. The van der Waals surface area contributed by atoms with Crippen LogP contribution in [-0.2, 0) is 6.42 Å². The smallest absolute Gasteiger partial charge is 0.406 e. The molecular weight excluding hydrogens is 585 g/mol. The number of unbranched alkanes of at least 4 members (excludes halogenated alkanes) is 1. The Hall–Kier alpha value is -3.83. The molecule has 44 heavy (non-hydrogen) atoms. The standard InChI is InChI=1S/C33H37F3N6OS/c1-23-7-6-9-29(21-23)42-24(2)18-20-44-32(42)39-25(3)37-19-5-4-8-26-10-12-27(13-11-26)31-38-22-41(40-31)28-14-16-30(17-15-28)43-33(34,35)36/h6-7,9-17,21-22,24-25,37H,4-5,8,18-20H2,1-3H3. The molecule has 0 aliphatic carbocycles. The zero-order valence-electron chi connectivity index (χ0n) is 25.1. The van der Waals surface area contributed by atoms with Crippen molar-refractivity contribution in [1.29, 1.82) is 0 Å². The highest BCUT2D eigenvalue weighted by Gasteiger charge is 2.31. The van der Waals surface area contributed by atoms with Crippen LogP contribution in [0, 0.1) is 6.92 Å². The van der Waals surface area contributed by atoms with Gasteiger partial charge in [-0.05, 0) is 101 Å². The van der Waals surface area contributed by atoms with Gasteiger partial charge < -0.3 is 9.64 Å². The summed E-state index contributed by atoms with van der Waals surface area (Å²) in [4.78, 5) is 11.8. The number of aliphatic imine (C=N–C) groups is 1. The van der Waals surface area contributed by atoms with Crippen molar-refractivity contribution in [3.63, 3.8) is 0 Å². The number of thioether (sulfide) groups is 1. The monoisotopic (exact) mass is 622 g/mol. The van der Waals surface area contributed by atoms with Crippen molar-refractivity contribution >= 4 is 22.6 Å². The van der Waals surface area contributed by atoms with Gasteiger partial charge in [0.25, 0.3) is 0 Å². The van der Waals surface area contributed by atoms with Crippen LogP contribution < -0.4 is 15.0 Å². The maximum Gasteiger partial charge on any atom is 0.573 e. The van der Waals surface area contributed by atoms with E-state index in [4.69, 9.17) is 4.99 Å². The first-order valence-corrected chi connectivity index (χ1v) is 15.8. The number of hydrogen-bond acceptors (Lipinski definition) is 6. The Morgan fingerprint density at radius 1 is 1.05 bits per heavy atom. The number of rotatable bonds is 11. The van der Waals surface area contributed by atoms with Crippen molar-refractivity contribution in [2.75, 3.05) is 17.2 Å². The van der Waals surface area contributed by atoms with Crippen molar-refractivity contribution in [1.82, 2.24) is 20.1 Å². The van der Waals surface area contributed by atoms with Crippen LogP contribution in [0.15, 0.2) is 84.1 Å². The van der Waals surface area contributed by atoms with E-state index in [1.165, 1.54) is 52.1 Å². The number of nitrogens with one attached hydrogen (secondary N) is 1. The lowest BCUT2D eigenvalue weighted by molar-refractivity contribution is -0.274. The van der Waals surface area contributed by atoms with Crippen LogP contribution >= 0.6 is 11.8 Å². The highest BCUT2D eigenvalue weighted by molar-refractivity contribution is 8.14. The molecule has 0 radical (unpaired) electrons. The summed E-state index contributed by atoms with van der Waals surface area (Å²) in [6.07, 6.45) is 1.05. The van der Waals surface area contributed by atoms with E-state index >= 15 is 0 Å². The molecule has 5 rings (SSSR count). The minimum atomic E-state index is -4.73. The van der Waals surface area contributed by atoms with E-state index in [1.54, 1.807) is 0 Å². The summed E-state index contributed by atoms with van der Waals surface area (Å²) in [6, 6.07) is 22.7. The average molecular weight is 623 g/mol. The number of benzene rings is 3. The van der Waals surface area contributed by atoms with Gasteiger partial charge in [0.15, 0.2) is 11.0 Å². The number of aromatic nitrogens is 3. The molecular formula is C33H37F3N6OS. The highest BCUT2D eigenvalue weighted by Crippen LogP contribution is 2.30. The lowest BCUT2D eigenvalue weighted by Crippen LogP contribution is -2.42. The van der Waals surface area contributed by atoms with Gasteiger partial charge in [0.05, 0.1) is 11.9 Å². The van der Waals surface area contributed by atoms with Gasteiger partial charge in [-0.1, -0.05) is 48.2 Å². The van der Waals surface area contributed by atoms with Gasteiger partial charge >= 0.3 is 6.36 Å². The summed E-state index contributed by atoms with van der Waals surface area (Å²) in [5.74, 6) is 1.34. The van der Waals surface area contributed by atoms with Crippen LogP contribution in [0.2, 0.25) is 0 Å². The van der Waals surface area contributed by atoms with Crippen molar-refractivity contribution < 1.29 is 17.9 Å². The molecule has 1 aromatic heterocycles. The second kappa shape index (κ2) is 14.3. The molecule has 7 nitrogen and oxygen atoms in total. The first kappa shape index (κ1) is 31.6. The summed E-state index contributed by atoms with van der Waals surface area (Å²) in [5, 5.41) is 9.13. The molecule has 1 aliphatic rings. The Morgan fingerprint density at radius 2 is 1.82 bits per heavy atom. The van der Waals surface area contributed by atoms with Crippen LogP contribution in [0.25, 0.3) is 17.1 Å². The van der Waals surface area contributed by atoms with Gasteiger partial charge in [0.1, 0.15) is 12.1 Å². The predicted molar refractivity (Wildman–Crippen MR) is 172 cm³/mol. The third kappa shape index (κ3) is 8.63. The van der Waals surface area contributed by atoms with Crippen molar-refractivity contribution in [3.05, 3.63) is 90.3 Å². The molecule has 0 saturated carbocycles. The van der Waals surface area contributed by atoms with Gasteiger partial charge in [-0.25, -0.2) is 14.7 Å². The molecule has 0 amide bonds. The van der Waals surface area contributed by atoms with E-state index in [2.05, 4.69) is 82.2 Å². The summed E-state index contributed by atoms with van der Waals surface area (Å²) >= 11 is 1.83. The number of halogens is 3. The van der Waals surface area contributed by atoms with E-state index in [1.807, 2.05) is 23.9 Å².